The number of hydrogen-bond donors (Lipinski definition) is 1. The number of fused-ring (bicyclic) bond motifs is 3. The molecule has 1 aliphatic rings. The Bertz CT molecular complexity index is 934. The Hall–Kier alpha value is -2.72. The van der Waals surface area contributed by atoms with Crippen LogP contribution in [-0.4, -0.2) is 15.5 Å². The van der Waals surface area contributed by atoms with Crippen LogP contribution in [-0.2, 0) is 6.54 Å². The van der Waals surface area contributed by atoms with Crippen LogP contribution in [0.25, 0.3) is 5.69 Å². The van der Waals surface area contributed by atoms with Crippen molar-refractivity contribution in [1.29, 1.82) is 0 Å². The normalized spacial score (nSPS) is 15.9. The molecule has 0 radical (unpaired) electrons. The summed E-state index contributed by atoms with van der Waals surface area (Å²) >= 11 is 6.02. The molecule has 2 amide bonds. The number of aromatic nitrogens is 1. The lowest BCUT2D eigenvalue weighted by molar-refractivity contribution is 0.189. The van der Waals surface area contributed by atoms with Crippen LogP contribution in [0.1, 0.15) is 24.2 Å². The number of hydrogen-bond acceptors (Lipinski definition) is 1. The van der Waals surface area contributed by atoms with E-state index < -0.39 is 0 Å². The second-order valence-electron chi connectivity index (χ2n) is 6.18. The van der Waals surface area contributed by atoms with E-state index in [4.69, 9.17) is 11.6 Å². The molecule has 0 unspecified atom stereocenters. The Labute approximate surface area is 151 Å². The topological polar surface area (TPSA) is 37.3 Å². The number of nitrogens with zero attached hydrogens (tertiary/aromatic N) is 2. The van der Waals surface area contributed by atoms with E-state index in [1.807, 2.05) is 41.4 Å². The van der Waals surface area contributed by atoms with Crippen LogP contribution in [0.2, 0.25) is 5.02 Å². The van der Waals surface area contributed by atoms with E-state index in [2.05, 4.69) is 35.0 Å². The third kappa shape index (κ3) is 2.89. The maximum atomic E-state index is 12.9. The van der Waals surface area contributed by atoms with Crippen molar-refractivity contribution in [2.24, 2.45) is 0 Å². The van der Waals surface area contributed by atoms with Crippen molar-refractivity contribution in [2.45, 2.75) is 19.5 Å². The molecule has 2 aromatic carbocycles. The van der Waals surface area contributed by atoms with Gasteiger partial charge in [0, 0.05) is 22.6 Å². The van der Waals surface area contributed by atoms with Crippen LogP contribution in [0.15, 0.2) is 66.9 Å². The minimum atomic E-state index is -0.140. The molecule has 3 aromatic rings. The molecule has 2 heterocycles. The van der Waals surface area contributed by atoms with Crippen molar-refractivity contribution in [3.8, 4) is 5.69 Å². The highest BCUT2D eigenvalue weighted by Gasteiger charge is 2.28. The maximum Gasteiger partial charge on any atom is 0.322 e. The van der Waals surface area contributed by atoms with E-state index in [-0.39, 0.29) is 12.1 Å². The van der Waals surface area contributed by atoms with Crippen LogP contribution in [0, 0.1) is 0 Å². The zero-order chi connectivity index (χ0) is 17.4. The minimum Gasteiger partial charge on any atom is -0.318 e. The summed E-state index contributed by atoms with van der Waals surface area (Å²) in [4.78, 5) is 14.8. The Kier molecular flexibility index (Phi) is 3.98. The number of anilines is 1. The van der Waals surface area contributed by atoms with Gasteiger partial charge in [-0.2, -0.15) is 0 Å². The number of urea groups is 1. The molecule has 0 bridgehead atoms. The smallest absolute Gasteiger partial charge is 0.318 e. The molecule has 5 heteroatoms. The summed E-state index contributed by atoms with van der Waals surface area (Å²) in [5.74, 6) is 0. The van der Waals surface area contributed by atoms with Crippen LogP contribution >= 0.6 is 11.6 Å². The molecule has 0 saturated carbocycles. The summed E-state index contributed by atoms with van der Waals surface area (Å²) < 4.78 is 2.16. The number of amides is 2. The molecule has 0 fully saturated rings. The second-order valence-corrected chi connectivity index (χ2v) is 6.61. The van der Waals surface area contributed by atoms with Gasteiger partial charge in [-0.25, -0.2) is 4.79 Å². The van der Waals surface area contributed by atoms with Crippen molar-refractivity contribution in [3.63, 3.8) is 0 Å². The molecule has 25 heavy (non-hydrogen) atoms. The fraction of sp³-hybridized carbons (Fsp3) is 0.150. The highest BCUT2D eigenvalue weighted by atomic mass is 35.5. The Morgan fingerprint density at radius 3 is 2.80 bits per heavy atom. The van der Waals surface area contributed by atoms with Crippen molar-refractivity contribution in [2.75, 3.05) is 5.32 Å². The number of para-hydroxylation sites is 1. The Morgan fingerprint density at radius 1 is 1.12 bits per heavy atom. The van der Waals surface area contributed by atoms with Crippen molar-refractivity contribution in [3.05, 3.63) is 83.1 Å². The number of benzene rings is 2. The Morgan fingerprint density at radius 2 is 1.96 bits per heavy atom. The molecule has 1 aliphatic heterocycles. The molecule has 126 valence electrons. The van der Waals surface area contributed by atoms with Gasteiger partial charge in [0.1, 0.15) is 0 Å². The third-order valence-electron chi connectivity index (χ3n) is 4.60. The molecule has 0 saturated heterocycles. The predicted octanol–water partition coefficient (Wildman–Crippen LogP) is 5.24. The summed E-state index contributed by atoms with van der Waals surface area (Å²) in [7, 11) is 0. The largest absolute Gasteiger partial charge is 0.322 e. The minimum absolute atomic E-state index is 0.0541. The molecular formula is C20H18ClN3O. The van der Waals surface area contributed by atoms with Gasteiger partial charge in [-0.3, -0.25) is 0 Å². The number of rotatable bonds is 1. The van der Waals surface area contributed by atoms with Gasteiger partial charge in [0.15, 0.2) is 0 Å². The van der Waals surface area contributed by atoms with Gasteiger partial charge in [-0.15, -0.1) is 0 Å². The van der Waals surface area contributed by atoms with Gasteiger partial charge >= 0.3 is 6.03 Å². The van der Waals surface area contributed by atoms with E-state index in [1.54, 1.807) is 12.1 Å². The first kappa shape index (κ1) is 15.8. The van der Waals surface area contributed by atoms with Gasteiger partial charge < -0.3 is 14.8 Å². The molecule has 0 aliphatic carbocycles. The van der Waals surface area contributed by atoms with E-state index in [1.165, 1.54) is 0 Å². The predicted molar refractivity (Wildman–Crippen MR) is 100 cm³/mol. The van der Waals surface area contributed by atoms with Crippen LogP contribution < -0.4 is 5.32 Å². The average molecular weight is 352 g/mol. The Balaban J connectivity index is 1.70. The van der Waals surface area contributed by atoms with Gasteiger partial charge in [-0.05, 0) is 48.9 Å². The van der Waals surface area contributed by atoms with E-state index >= 15 is 0 Å². The van der Waals surface area contributed by atoms with Gasteiger partial charge in [-0.1, -0.05) is 35.9 Å². The highest BCUT2D eigenvalue weighted by molar-refractivity contribution is 6.30. The molecule has 1 atom stereocenters. The number of carbonyl (C=O) groups is 1. The summed E-state index contributed by atoms with van der Waals surface area (Å²) in [6.07, 6.45) is 2.04. The zero-order valence-corrected chi connectivity index (χ0v) is 14.6. The summed E-state index contributed by atoms with van der Waals surface area (Å²) in [6.45, 7) is 2.60. The first-order valence-corrected chi connectivity index (χ1v) is 8.60. The number of carbonyl (C=O) groups excluding carboxylic acids is 1. The van der Waals surface area contributed by atoms with Crippen LogP contribution in [0.3, 0.4) is 0 Å². The second kappa shape index (κ2) is 6.30. The fourth-order valence-corrected chi connectivity index (χ4v) is 3.51. The van der Waals surface area contributed by atoms with E-state index in [0.29, 0.717) is 17.3 Å². The van der Waals surface area contributed by atoms with E-state index in [9.17, 15) is 4.79 Å². The highest BCUT2D eigenvalue weighted by Crippen LogP contribution is 2.32. The molecule has 1 aromatic heterocycles. The summed E-state index contributed by atoms with van der Waals surface area (Å²) in [5.41, 5.74) is 4.02. The van der Waals surface area contributed by atoms with Gasteiger partial charge in [0.25, 0.3) is 0 Å². The third-order valence-corrected chi connectivity index (χ3v) is 4.84. The lowest BCUT2D eigenvalue weighted by atomic mass is 10.1. The fourth-order valence-electron chi connectivity index (χ4n) is 3.32. The molecule has 0 spiro atoms. The average Bonchev–Trinajstić information content (AvgIpc) is 3.05. The summed E-state index contributed by atoms with van der Waals surface area (Å²) in [5, 5.41) is 3.56. The SMILES string of the molecule is C[C@@H]1c2cccn2-c2ccccc2CN1C(=O)Nc1cccc(Cl)c1. The summed E-state index contributed by atoms with van der Waals surface area (Å²) in [6, 6.07) is 19.3. The van der Waals surface area contributed by atoms with E-state index in [0.717, 1.165) is 16.9 Å². The van der Waals surface area contributed by atoms with Crippen molar-refractivity contribution < 1.29 is 4.79 Å². The monoisotopic (exact) mass is 351 g/mol. The van der Waals surface area contributed by atoms with Gasteiger partial charge in [0.05, 0.1) is 18.3 Å². The number of halogens is 1. The first-order chi connectivity index (χ1) is 12.1. The molecule has 4 rings (SSSR count). The van der Waals surface area contributed by atoms with Crippen molar-refractivity contribution in [1.82, 2.24) is 9.47 Å². The standard InChI is InChI=1S/C20H18ClN3O/c1-14-18-10-5-11-23(18)19-9-3-2-6-15(19)13-24(14)20(25)22-17-8-4-7-16(21)12-17/h2-12,14H,13H2,1H3,(H,22,25)/t14-/m1/s1. The molecule has 1 N–H and O–H groups in total. The maximum absolute atomic E-state index is 12.9. The first-order valence-electron chi connectivity index (χ1n) is 8.22. The lowest BCUT2D eigenvalue weighted by Crippen LogP contribution is -2.36. The quantitative estimate of drug-likeness (QED) is 0.639. The van der Waals surface area contributed by atoms with Gasteiger partial charge in [0.2, 0.25) is 0 Å². The molecular weight excluding hydrogens is 334 g/mol. The van der Waals surface area contributed by atoms with Crippen molar-refractivity contribution >= 4 is 23.3 Å². The molecule has 4 nitrogen and oxygen atoms in total. The lowest BCUT2D eigenvalue weighted by Gasteiger charge is -2.27. The van der Waals surface area contributed by atoms with Crippen LogP contribution in [0.4, 0.5) is 10.5 Å². The van der Waals surface area contributed by atoms with Crippen LogP contribution in [0.5, 0.6) is 0 Å². The zero-order valence-electron chi connectivity index (χ0n) is 13.8. The number of nitrogens with one attached hydrogen (secondary N) is 1.